The van der Waals surface area contributed by atoms with E-state index in [0.717, 1.165) is 30.2 Å². The monoisotopic (exact) mass is 399 g/mol. The number of guanidine groups is 1. The SMILES string of the molecule is CCNC(=NCc1ccc(S(C)(=O)=O)c(C)c1)NCC1CC1c1ccccc1. The molecule has 2 unspecified atom stereocenters. The summed E-state index contributed by atoms with van der Waals surface area (Å²) in [6, 6.07) is 16.1. The van der Waals surface area contributed by atoms with Crippen molar-refractivity contribution in [3.8, 4) is 0 Å². The largest absolute Gasteiger partial charge is 0.357 e. The molecular formula is C22H29N3O2S. The van der Waals surface area contributed by atoms with Crippen LogP contribution in [0, 0.1) is 12.8 Å². The number of nitrogens with zero attached hydrogens (tertiary/aromatic N) is 1. The van der Waals surface area contributed by atoms with Crippen molar-refractivity contribution in [1.29, 1.82) is 0 Å². The number of rotatable bonds is 7. The van der Waals surface area contributed by atoms with Crippen LogP contribution < -0.4 is 10.6 Å². The normalized spacial score (nSPS) is 19.3. The third-order valence-corrected chi connectivity index (χ3v) is 6.34. The first-order valence-electron chi connectivity index (χ1n) is 9.75. The maximum absolute atomic E-state index is 11.8. The van der Waals surface area contributed by atoms with Crippen LogP contribution in [0.2, 0.25) is 0 Å². The van der Waals surface area contributed by atoms with Crippen molar-refractivity contribution in [3.05, 3.63) is 65.2 Å². The lowest BCUT2D eigenvalue weighted by Gasteiger charge is -2.12. The highest BCUT2D eigenvalue weighted by Gasteiger charge is 2.37. The van der Waals surface area contributed by atoms with Crippen LogP contribution in [0.4, 0.5) is 0 Å². The van der Waals surface area contributed by atoms with E-state index in [1.165, 1.54) is 18.2 Å². The van der Waals surface area contributed by atoms with Crippen molar-refractivity contribution in [2.45, 2.75) is 37.6 Å². The van der Waals surface area contributed by atoms with Crippen LogP contribution in [0.3, 0.4) is 0 Å². The Morgan fingerprint density at radius 3 is 2.54 bits per heavy atom. The van der Waals surface area contributed by atoms with Crippen LogP contribution in [0.5, 0.6) is 0 Å². The number of aryl methyl sites for hydroxylation is 1. The number of hydrogen-bond acceptors (Lipinski definition) is 3. The highest BCUT2D eigenvalue weighted by molar-refractivity contribution is 7.90. The Labute approximate surface area is 168 Å². The molecule has 6 heteroatoms. The van der Waals surface area contributed by atoms with Crippen LogP contribution in [0.1, 0.15) is 36.0 Å². The van der Waals surface area contributed by atoms with Gasteiger partial charge in [-0.2, -0.15) is 0 Å². The van der Waals surface area contributed by atoms with Gasteiger partial charge in [-0.3, -0.25) is 0 Å². The van der Waals surface area contributed by atoms with Crippen molar-refractivity contribution in [3.63, 3.8) is 0 Å². The summed E-state index contributed by atoms with van der Waals surface area (Å²) in [5.74, 6) is 2.08. The summed E-state index contributed by atoms with van der Waals surface area (Å²) >= 11 is 0. The van der Waals surface area contributed by atoms with E-state index in [1.807, 2.05) is 26.0 Å². The zero-order valence-corrected chi connectivity index (χ0v) is 17.6. The molecule has 2 atom stereocenters. The highest BCUT2D eigenvalue weighted by Crippen LogP contribution is 2.46. The molecule has 1 aliphatic carbocycles. The summed E-state index contributed by atoms with van der Waals surface area (Å²) < 4.78 is 23.5. The summed E-state index contributed by atoms with van der Waals surface area (Å²) in [6.07, 6.45) is 2.45. The molecule has 0 radical (unpaired) electrons. The van der Waals surface area contributed by atoms with Crippen molar-refractivity contribution >= 4 is 15.8 Å². The molecule has 0 aromatic heterocycles. The van der Waals surface area contributed by atoms with Crippen molar-refractivity contribution in [1.82, 2.24) is 10.6 Å². The van der Waals surface area contributed by atoms with Crippen LogP contribution in [-0.2, 0) is 16.4 Å². The first-order chi connectivity index (χ1) is 13.4. The van der Waals surface area contributed by atoms with Crippen molar-refractivity contribution in [2.75, 3.05) is 19.3 Å². The maximum atomic E-state index is 11.8. The van der Waals surface area contributed by atoms with Crippen molar-refractivity contribution in [2.24, 2.45) is 10.9 Å². The van der Waals surface area contributed by atoms with Gasteiger partial charge < -0.3 is 10.6 Å². The van der Waals surface area contributed by atoms with Crippen LogP contribution >= 0.6 is 0 Å². The molecule has 0 spiro atoms. The topological polar surface area (TPSA) is 70.6 Å². The van der Waals surface area contributed by atoms with E-state index in [2.05, 4.69) is 46.0 Å². The second-order valence-corrected chi connectivity index (χ2v) is 9.45. The van der Waals surface area contributed by atoms with E-state index in [1.54, 1.807) is 6.07 Å². The molecule has 1 aliphatic rings. The van der Waals surface area contributed by atoms with Crippen LogP contribution in [0.25, 0.3) is 0 Å². The third kappa shape index (κ3) is 5.35. The molecule has 0 aliphatic heterocycles. The number of hydrogen-bond donors (Lipinski definition) is 2. The lowest BCUT2D eigenvalue weighted by molar-refractivity contribution is 0.601. The Morgan fingerprint density at radius 2 is 1.89 bits per heavy atom. The molecule has 2 aromatic rings. The molecule has 1 fully saturated rings. The Bertz CT molecular complexity index is 940. The van der Waals surface area contributed by atoms with Gasteiger partial charge in [0.15, 0.2) is 15.8 Å². The summed E-state index contributed by atoms with van der Waals surface area (Å²) in [5.41, 5.74) is 3.17. The van der Waals surface area contributed by atoms with Gasteiger partial charge in [-0.25, -0.2) is 13.4 Å². The fraction of sp³-hybridized carbons (Fsp3) is 0.409. The standard InChI is InChI=1S/C22H29N3O2S/c1-4-23-22(25-15-19-13-20(19)18-8-6-5-7-9-18)24-14-17-10-11-21(16(2)12-17)28(3,26)27/h5-12,19-20H,4,13-15H2,1-3H3,(H2,23,24,25). The van der Waals surface area contributed by atoms with E-state index < -0.39 is 9.84 Å². The predicted molar refractivity (Wildman–Crippen MR) is 114 cm³/mol. The quantitative estimate of drug-likeness (QED) is 0.554. The minimum absolute atomic E-state index is 0.381. The Morgan fingerprint density at radius 1 is 1.14 bits per heavy atom. The minimum atomic E-state index is -3.19. The van der Waals surface area contributed by atoms with Gasteiger partial charge in [-0.05, 0) is 54.9 Å². The number of aliphatic imine (C=N–C) groups is 1. The highest BCUT2D eigenvalue weighted by atomic mass is 32.2. The average Bonchev–Trinajstić information content (AvgIpc) is 3.43. The number of sulfone groups is 1. The van der Waals surface area contributed by atoms with Gasteiger partial charge in [0.25, 0.3) is 0 Å². The summed E-state index contributed by atoms with van der Waals surface area (Å²) in [5, 5.41) is 6.73. The number of benzene rings is 2. The molecule has 28 heavy (non-hydrogen) atoms. The second kappa shape index (κ2) is 8.78. The molecule has 3 rings (SSSR count). The molecule has 2 N–H and O–H groups in total. The van der Waals surface area contributed by atoms with Gasteiger partial charge in [0, 0.05) is 19.3 Å². The molecule has 0 bridgehead atoms. The van der Waals surface area contributed by atoms with Gasteiger partial charge in [0.05, 0.1) is 11.4 Å². The van der Waals surface area contributed by atoms with Gasteiger partial charge in [-0.15, -0.1) is 0 Å². The van der Waals surface area contributed by atoms with E-state index in [4.69, 9.17) is 0 Å². The average molecular weight is 400 g/mol. The van der Waals surface area contributed by atoms with Crippen LogP contribution in [0.15, 0.2) is 58.4 Å². The summed E-state index contributed by atoms with van der Waals surface area (Å²) in [6.45, 7) is 6.07. The first kappa shape index (κ1) is 20.4. The third-order valence-electron chi connectivity index (χ3n) is 5.08. The minimum Gasteiger partial charge on any atom is -0.357 e. The van der Waals surface area contributed by atoms with E-state index >= 15 is 0 Å². The molecular weight excluding hydrogens is 370 g/mol. The van der Waals surface area contributed by atoms with Gasteiger partial charge in [0.2, 0.25) is 0 Å². The van der Waals surface area contributed by atoms with Crippen molar-refractivity contribution < 1.29 is 8.42 Å². The summed E-state index contributed by atoms with van der Waals surface area (Å²) in [7, 11) is -3.19. The predicted octanol–water partition coefficient (Wildman–Crippen LogP) is 3.26. The molecule has 2 aromatic carbocycles. The van der Waals surface area contributed by atoms with E-state index in [-0.39, 0.29) is 0 Å². The first-order valence-corrected chi connectivity index (χ1v) is 11.6. The molecule has 5 nitrogen and oxygen atoms in total. The van der Waals surface area contributed by atoms with E-state index in [0.29, 0.717) is 23.3 Å². The Kier molecular flexibility index (Phi) is 6.39. The van der Waals surface area contributed by atoms with E-state index in [9.17, 15) is 8.42 Å². The Hall–Kier alpha value is -2.34. The number of nitrogens with one attached hydrogen (secondary N) is 2. The molecule has 1 saturated carbocycles. The Balaban J connectivity index is 1.58. The fourth-order valence-corrected chi connectivity index (χ4v) is 4.51. The van der Waals surface area contributed by atoms with Gasteiger partial charge in [-0.1, -0.05) is 42.5 Å². The summed E-state index contributed by atoms with van der Waals surface area (Å²) in [4.78, 5) is 5.04. The zero-order chi connectivity index (χ0) is 20.1. The smallest absolute Gasteiger partial charge is 0.191 e. The molecule has 150 valence electrons. The van der Waals surface area contributed by atoms with Gasteiger partial charge >= 0.3 is 0 Å². The van der Waals surface area contributed by atoms with Crippen LogP contribution in [-0.4, -0.2) is 33.7 Å². The molecule has 0 amide bonds. The van der Waals surface area contributed by atoms with Gasteiger partial charge in [0.1, 0.15) is 0 Å². The fourth-order valence-electron chi connectivity index (χ4n) is 3.55. The lowest BCUT2D eigenvalue weighted by Crippen LogP contribution is -2.38. The molecule has 0 saturated heterocycles. The lowest BCUT2D eigenvalue weighted by atomic mass is 10.1. The second-order valence-electron chi connectivity index (χ2n) is 7.46. The zero-order valence-electron chi connectivity index (χ0n) is 16.8. The molecule has 0 heterocycles. The maximum Gasteiger partial charge on any atom is 0.191 e.